The fourth-order valence-corrected chi connectivity index (χ4v) is 4.86. The first-order chi connectivity index (χ1) is 16.7. The van der Waals surface area contributed by atoms with Gasteiger partial charge in [-0.25, -0.2) is 4.98 Å². The number of fused-ring (bicyclic) bond motifs is 1. The number of hydrogen-bond donors (Lipinski definition) is 1. The van der Waals surface area contributed by atoms with E-state index >= 15 is 0 Å². The Kier molecular flexibility index (Phi) is 8.25. The molecule has 1 N–H and O–H groups in total. The minimum absolute atomic E-state index is 0.0331. The molecule has 1 fully saturated rings. The summed E-state index contributed by atoms with van der Waals surface area (Å²) in [5.74, 6) is 1.46. The van der Waals surface area contributed by atoms with E-state index in [9.17, 15) is 18.0 Å². The van der Waals surface area contributed by atoms with Gasteiger partial charge in [-0.1, -0.05) is 11.2 Å². The standard InChI is InChI=1S/C24H32F3N5O3/c1-16-28-21(31-35-16)14-22(33)29-19-5-2-17(3-6-19)8-11-32-12-9-18-4-7-23(30-20(18)10-13-32)34-15-24(25,26)27/h4,7,17,19H,2-3,5-6,8-15H2,1H3,(H,29,33). The smallest absolute Gasteiger partial charge is 0.422 e. The number of alkyl halides is 3. The normalized spacial score (nSPS) is 21.3. The van der Waals surface area contributed by atoms with Crippen LogP contribution in [0.5, 0.6) is 5.88 Å². The summed E-state index contributed by atoms with van der Waals surface area (Å²) in [6.07, 6.45) is 2.52. The van der Waals surface area contributed by atoms with Crippen molar-refractivity contribution in [3.05, 3.63) is 35.1 Å². The molecule has 8 nitrogen and oxygen atoms in total. The van der Waals surface area contributed by atoms with Crippen LogP contribution in [0.1, 0.15) is 55.1 Å². The first-order valence-electron chi connectivity index (χ1n) is 12.2. The van der Waals surface area contributed by atoms with Crippen LogP contribution < -0.4 is 10.1 Å². The Labute approximate surface area is 202 Å². The maximum absolute atomic E-state index is 12.4. The van der Waals surface area contributed by atoms with Crippen molar-refractivity contribution in [1.82, 2.24) is 25.3 Å². The molecular weight excluding hydrogens is 463 g/mol. The highest BCUT2D eigenvalue weighted by Gasteiger charge is 2.29. The predicted molar refractivity (Wildman–Crippen MR) is 121 cm³/mol. The van der Waals surface area contributed by atoms with E-state index in [1.807, 2.05) is 6.07 Å². The quantitative estimate of drug-likeness (QED) is 0.600. The van der Waals surface area contributed by atoms with Gasteiger partial charge in [-0.3, -0.25) is 4.79 Å². The van der Waals surface area contributed by atoms with Crippen LogP contribution >= 0.6 is 0 Å². The maximum atomic E-state index is 12.4. The summed E-state index contributed by atoms with van der Waals surface area (Å²) >= 11 is 0. The van der Waals surface area contributed by atoms with Crippen molar-refractivity contribution in [2.24, 2.45) is 5.92 Å². The van der Waals surface area contributed by atoms with E-state index in [1.54, 1.807) is 6.92 Å². The third kappa shape index (κ3) is 7.91. The molecule has 0 unspecified atom stereocenters. The largest absolute Gasteiger partial charge is 0.468 e. The van der Waals surface area contributed by atoms with Crippen molar-refractivity contribution in [2.75, 3.05) is 26.2 Å². The number of nitrogens with one attached hydrogen (secondary N) is 1. The number of carbonyl (C=O) groups is 1. The van der Waals surface area contributed by atoms with Crippen molar-refractivity contribution >= 4 is 5.91 Å². The van der Waals surface area contributed by atoms with Crippen LogP contribution in [0, 0.1) is 12.8 Å². The lowest BCUT2D eigenvalue weighted by molar-refractivity contribution is -0.154. The van der Waals surface area contributed by atoms with Crippen LogP contribution in [0.2, 0.25) is 0 Å². The molecule has 11 heteroatoms. The molecule has 0 radical (unpaired) electrons. The monoisotopic (exact) mass is 495 g/mol. The minimum Gasteiger partial charge on any atom is -0.468 e. The Balaban J connectivity index is 1.16. The summed E-state index contributed by atoms with van der Waals surface area (Å²) in [6, 6.07) is 3.56. The molecule has 1 aliphatic carbocycles. The molecule has 2 aromatic heterocycles. The molecule has 192 valence electrons. The van der Waals surface area contributed by atoms with Crippen LogP contribution in [0.4, 0.5) is 13.2 Å². The number of carbonyl (C=O) groups excluding carboxylic acids is 1. The van der Waals surface area contributed by atoms with Crippen molar-refractivity contribution < 1.29 is 27.2 Å². The fraction of sp³-hybridized carbons (Fsp3) is 0.667. The Bertz CT molecular complexity index is 989. The molecule has 1 saturated carbocycles. The summed E-state index contributed by atoms with van der Waals surface area (Å²) < 4.78 is 46.9. The van der Waals surface area contributed by atoms with E-state index in [1.165, 1.54) is 6.07 Å². The number of pyridine rings is 1. The molecule has 0 spiro atoms. The molecule has 2 aliphatic rings. The number of nitrogens with zero attached hydrogens (tertiary/aromatic N) is 4. The van der Waals surface area contributed by atoms with Gasteiger partial charge in [-0.2, -0.15) is 18.2 Å². The molecule has 0 aromatic carbocycles. The zero-order valence-corrected chi connectivity index (χ0v) is 19.9. The van der Waals surface area contributed by atoms with E-state index in [0.29, 0.717) is 24.1 Å². The molecule has 0 atom stereocenters. The highest BCUT2D eigenvalue weighted by Crippen LogP contribution is 2.28. The summed E-state index contributed by atoms with van der Waals surface area (Å²) in [5.41, 5.74) is 1.92. The van der Waals surface area contributed by atoms with Crippen LogP contribution in [-0.4, -0.2) is 64.4 Å². The number of hydrogen-bond acceptors (Lipinski definition) is 7. The molecule has 1 amide bonds. The predicted octanol–water partition coefficient (Wildman–Crippen LogP) is 3.42. The molecule has 0 saturated heterocycles. The first-order valence-corrected chi connectivity index (χ1v) is 12.2. The highest BCUT2D eigenvalue weighted by molar-refractivity contribution is 5.78. The van der Waals surface area contributed by atoms with E-state index in [4.69, 9.17) is 9.26 Å². The molecular formula is C24H32F3N5O3. The zero-order chi connectivity index (χ0) is 24.8. The van der Waals surface area contributed by atoms with Crippen LogP contribution in [-0.2, 0) is 24.1 Å². The van der Waals surface area contributed by atoms with Crippen LogP contribution in [0.15, 0.2) is 16.7 Å². The second-order valence-electron chi connectivity index (χ2n) is 9.48. The molecule has 3 heterocycles. The van der Waals surface area contributed by atoms with Crippen LogP contribution in [0.3, 0.4) is 0 Å². The third-order valence-corrected chi connectivity index (χ3v) is 6.74. The lowest BCUT2D eigenvalue weighted by Gasteiger charge is -2.30. The van der Waals surface area contributed by atoms with Gasteiger partial charge in [0.15, 0.2) is 12.4 Å². The number of halogens is 3. The van der Waals surface area contributed by atoms with E-state index in [0.717, 1.165) is 69.4 Å². The van der Waals surface area contributed by atoms with E-state index < -0.39 is 12.8 Å². The van der Waals surface area contributed by atoms with Gasteiger partial charge in [0.1, 0.15) is 0 Å². The molecule has 35 heavy (non-hydrogen) atoms. The lowest BCUT2D eigenvalue weighted by Crippen LogP contribution is -2.39. The number of aryl methyl sites for hydroxylation is 1. The van der Waals surface area contributed by atoms with Gasteiger partial charge in [0.05, 0.1) is 6.42 Å². The van der Waals surface area contributed by atoms with Crippen molar-refractivity contribution in [2.45, 2.75) is 70.5 Å². The summed E-state index contributed by atoms with van der Waals surface area (Å²) in [6.45, 7) is 3.12. The average Bonchev–Trinajstić information content (AvgIpc) is 3.10. The second kappa shape index (κ2) is 11.4. The van der Waals surface area contributed by atoms with Gasteiger partial charge in [0.25, 0.3) is 0 Å². The van der Waals surface area contributed by atoms with Gasteiger partial charge in [0.2, 0.25) is 17.7 Å². The van der Waals surface area contributed by atoms with Crippen molar-refractivity contribution in [3.8, 4) is 5.88 Å². The topological polar surface area (TPSA) is 93.4 Å². The van der Waals surface area contributed by atoms with Gasteiger partial charge in [0, 0.05) is 44.2 Å². The maximum Gasteiger partial charge on any atom is 0.422 e. The molecule has 4 rings (SSSR count). The Hall–Kier alpha value is -2.69. The lowest BCUT2D eigenvalue weighted by atomic mass is 9.84. The van der Waals surface area contributed by atoms with E-state index in [2.05, 4.69) is 25.3 Å². The van der Waals surface area contributed by atoms with Gasteiger partial charge >= 0.3 is 6.18 Å². The summed E-state index contributed by atoms with van der Waals surface area (Å²) in [7, 11) is 0. The first kappa shape index (κ1) is 25.4. The van der Waals surface area contributed by atoms with Crippen molar-refractivity contribution in [3.63, 3.8) is 0 Å². The SMILES string of the molecule is Cc1nc(CC(=O)NC2CCC(CCN3CCc4ccc(OCC(F)(F)F)nc4CC3)CC2)no1. The second-order valence-corrected chi connectivity index (χ2v) is 9.48. The average molecular weight is 496 g/mol. The number of aromatic nitrogens is 3. The fourth-order valence-electron chi connectivity index (χ4n) is 4.86. The molecule has 2 aromatic rings. The number of ether oxygens (including phenoxy) is 1. The van der Waals surface area contributed by atoms with Gasteiger partial charge < -0.3 is 19.5 Å². The Morgan fingerprint density at radius 1 is 1.17 bits per heavy atom. The third-order valence-electron chi connectivity index (χ3n) is 6.74. The summed E-state index contributed by atoms with van der Waals surface area (Å²) in [5, 5.41) is 6.86. The van der Waals surface area contributed by atoms with Crippen molar-refractivity contribution in [1.29, 1.82) is 0 Å². The van der Waals surface area contributed by atoms with Gasteiger partial charge in [-0.05, 0) is 56.6 Å². The Morgan fingerprint density at radius 2 is 1.94 bits per heavy atom. The minimum atomic E-state index is -4.37. The highest BCUT2D eigenvalue weighted by atomic mass is 19.4. The zero-order valence-electron chi connectivity index (χ0n) is 19.9. The van der Waals surface area contributed by atoms with E-state index in [-0.39, 0.29) is 24.2 Å². The number of amides is 1. The summed E-state index contributed by atoms with van der Waals surface area (Å²) in [4.78, 5) is 23.0. The molecule has 1 aliphatic heterocycles. The Morgan fingerprint density at radius 3 is 2.66 bits per heavy atom. The van der Waals surface area contributed by atoms with Gasteiger partial charge in [-0.15, -0.1) is 0 Å². The molecule has 0 bridgehead atoms. The number of rotatable bonds is 8. The van der Waals surface area contributed by atoms with Crippen LogP contribution in [0.25, 0.3) is 0 Å².